The zero-order valence-corrected chi connectivity index (χ0v) is 41.6. The number of hydrogen-bond acceptors (Lipinski definition) is 5. The van der Waals surface area contributed by atoms with E-state index >= 15 is 0 Å². The smallest absolute Gasteiger partial charge is 0.249 e. The van der Waals surface area contributed by atoms with E-state index in [4.69, 9.17) is 0 Å². The van der Waals surface area contributed by atoms with E-state index in [9.17, 15) is 25.2 Å². The molecule has 0 spiro atoms. The Morgan fingerprint density at radius 2 is 0.661 bits per heavy atom. The van der Waals surface area contributed by atoms with Crippen LogP contribution in [-0.2, 0) is 4.79 Å². The van der Waals surface area contributed by atoms with E-state index in [0.29, 0.717) is 12.8 Å². The average molecular weight is 876 g/mol. The van der Waals surface area contributed by atoms with Crippen LogP contribution in [-0.4, -0.2) is 57.3 Å². The number of unbranched alkanes of at least 4 members (excludes halogenated alkanes) is 38. The van der Waals surface area contributed by atoms with E-state index in [1.807, 2.05) is 0 Å². The van der Waals surface area contributed by atoms with Gasteiger partial charge in [0.05, 0.1) is 18.8 Å². The number of aliphatic hydroxyl groups excluding tert-OH is 4. The van der Waals surface area contributed by atoms with Gasteiger partial charge in [-0.2, -0.15) is 0 Å². The molecule has 0 bridgehead atoms. The van der Waals surface area contributed by atoms with Gasteiger partial charge in [0.2, 0.25) is 5.91 Å². The third-order valence-electron chi connectivity index (χ3n) is 13.1. The van der Waals surface area contributed by atoms with Crippen LogP contribution in [0.3, 0.4) is 0 Å². The van der Waals surface area contributed by atoms with Crippen LogP contribution in [0.25, 0.3) is 0 Å². The molecule has 0 radical (unpaired) electrons. The van der Waals surface area contributed by atoms with Crippen LogP contribution in [0.2, 0.25) is 0 Å². The fraction of sp³-hybridized carbons (Fsp3) is 0.911. The summed E-state index contributed by atoms with van der Waals surface area (Å²) in [5.74, 6) is -0.590. The molecule has 0 aromatic heterocycles. The quantitative estimate of drug-likeness (QED) is 0.0309. The number of carbonyl (C=O) groups excluding carboxylic acids is 1. The molecule has 0 heterocycles. The van der Waals surface area contributed by atoms with E-state index in [2.05, 4.69) is 43.5 Å². The minimum absolute atomic E-state index is 0.365. The minimum atomic E-state index is -1.28. The van der Waals surface area contributed by atoms with Gasteiger partial charge in [-0.05, 0) is 64.2 Å². The molecule has 0 aromatic carbocycles. The van der Waals surface area contributed by atoms with Gasteiger partial charge in [-0.25, -0.2) is 0 Å². The van der Waals surface area contributed by atoms with Crippen LogP contribution in [0.15, 0.2) is 24.3 Å². The Bertz CT molecular complexity index is 939. The Morgan fingerprint density at radius 1 is 0.387 bits per heavy atom. The van der Waals surface area contributed by atoms with Crippen molar-refractivity contribution in [3.8, 4) is 0 Å². The van der Waals surface area contributed by atoms with Crippen molar-refractivity contribution in [1.82, 2.24) is 5.32 Å². The molecule has 4 unspecified atom stereocenters. The Labute approximate surface area is 386 Å². The summed E-state index contributed by atoms with van der Waals surface area (Å²) >= 11 is 0. The molecular weight excluding hydrogens is 767 g/mol. The average Bonchev–Trinajstić information content (AvgIpc) is 3.28. The van der Waals surface area contributed by atoms with Crippen molar-refractivity contribution in [1.29, 1.82) is 0 Å². The van der Waals surface area contributed by atoms with Crippen molar-refractivity contribution >= 4 is 5.91 Å². The Hall–Kier alpha value is -1.21. The number of allylic oxidation sites excluding steroid dienone is 4. The lowest BCUT2D eigenvalue weighted by atomic mass is 10.00. The fourth-order valence-electron chi connectivity index (χ4n) is 8.75. The van der Waals surface area contributed by atoms with Crippen molar-refractivity contribution in [2.24, 2.45) is 0 Å². The van der Waals surface area contributed by atoms with E-state index in [1.165, 1.54) is 231 Å². The molecule has 0 saturated heterocycles. The van der Waals surface area contributed by atoms with Gasteiger partial charge in [0, 0.05) is 0 Å². The summed E-state index contributed by atoms with van der Waals surface area (Å²) in [5, 5.41) is 43.9. The normalized spacial score (nSPS) is 14.0. The lowest BCUT2D eigenvalue weighted by molar-refractivity contribution is -0.132. The van der Waals surface area contributed by atoms with Crippen molar-refractivity contribution < 1.29 is 25.2 Å². The molecule has 1 amide bonds. The predicted octanol–water partition coefficient (Wildman–Crippen LogP) is 15.9. The van der Waals surface area contributed by atoms with Gasteiger partial charge in [0.25, 0.3) is 0 Å². The number of amides is 1. The molecule has 6 heteroatoms. The number of hydrogen-bond donors (Lipinski definition) is 5. The van der Waals surface area contributed by atoms with Gasteiger partial charge in [-0.1, -0.05) is 256 Å². The summed E-state index contributed by atoms with van der Waals surface area (Å²) in [5.41, 5.74) is 0. The van der Waals surface area contributed by atoms with Gasteiger partial charge in [-0.15, -0.1) is 0 Å². The molecule has 0 aromatic rings. The second-order valence-electron chi connectivity index (χ2n) is 19.3. The summed E-state index contributed by atoms with van der Waals surface area (Å²) in [6, 6.07) is -1.00. The van der Waals surface area contributed by atoms with Crippen LogP contribution in [0.5, 0.6) is 0 Å². The highest BCUT2D eigenvalue weighted by Crippen LogP contribution is 2.17. The molecule has 5 N–H and O–H groups in total. The highest BCUT2D eigenvalue weighted by Gasteiger charge is 2.28. The second-order valence-corrected chi connectivity index (χ2v) is 19.3. The molecule has 4 atom stereocenters. The minimum Gasteiger partial charge on any atom is -0.394 e. The number of aliphatic hydroxyl groups is 4. The molecule has 6 nitrogen and oxygen atoms in total. The lowest BCUT2D eigenvalue weighted by Gasteiger charge is -2.27. The third kappa shape index (κ3) is 44.0. The van der Waals surface area contributed by atoms with E-state index in [1.54, 1.807) is 0 Å². The van der Waals surface area contributed by atoms with Crippen LogP contribution >= 0.6 is 0 Å². The largest absolute Gasteiger partial charge is 0.394 e. The van der Waals surface area contributed by atoms with Crippen molar-refractivity contribution in [3.05, 3.63) is 24.3 Å². The molecule has 0 rings (SSSR count). The SMILES string of the molecule is CCCCCCCCCCCCC/C=C/CCCC(O)C(O)C(CO)NC(=O)C(O)CCCCCCCCCCCCCCCC/C=C\CCCCCCCCCCCCCC. The van der Waals surface area contributed by atoms with E-state index in [0.717, 1.165) is 38.5 Å². The second kappa shape index (κ2) is 50.8. The summed E-state index contributed by atoms with van der Waals surface area (Å²) in [6.07, 6.45) is 61.1. The Balaban J connectivity index is 3.61. The monoisotopic (exact) mass is 876 g/mol. The van der Waals surface area contributed by atoms with E-state index in [-0.39, 0.29) is 0 Å². The third-order valence-corrected chi connectivity index (χ3v) is 13.1. The van der Waals surface area contributed by atoms with Gasteiger partial charge in [-0.3, -0.25) is 4.79 Å². The summed E-state index contributed by atoms with van der Waals surface area (Å²) in [7, 11) is 0. The predicted molar refractivity (Wildman–Crippen MR) is 270 cm³/mol. The lowest BCUT2D eigenvalue weighted by Crippen LogP contribution is -2.53. The first-order valence-electron chi connectivity index (χ1n) is 27.7. The number of carbonyl (C=O) groups is 1. The first-order valence-corrected chi connectivity index (χ1v) is 27.7. The molecule has 0 aliphatic rings. The Morgan fingerprint density at radius 3 is 0.968 bits per heavy atom. The van der Waals surface area contributed by atoms with Crippen molar-refractivity contribution in [2.45, 2.75) is 321 Å². The number of nitrogens with one attached hydrogen (secondary N) is 1. The van der Waals surface area contributed by atoms with Gasteiger partial charge in [0.1, 0.15) is 12.2 Å². The molecule has 0 saturated carbocycles. The van der Waals surface area contributed by atoms with Gasteiger partial charge < -0.3 is 25.7 Å². The Kier molecular flexibility index (Phi) is 49.8. The topological polar surface area (TPSA) is 110 Å². The molecular formula is C56H109NO5. The van der Waals surface area contributed by atoms with Gasteiger partial charge >= 0.3 is 0 Å². The van der Waals surface area contributed by atoms with Crippen molar-refractivity contribution in [3.63, 3.8) is 0 Å². The highest BCUT2D eigenvalue weighted by atomic mass is 16.3. The number of rotatable bonds is 51. The van der Waals surface area contributed by atoms with Crippen LogP contribution in [0, 0.1) is 0 Å². The molecule has 0 aliphatic heterocycles. The fourth-order valence-corrected chi connectivity index (χ4v) is 8.75. The van der Waals surface area contributed by atoms with Crippen LogP contribution in [0.4, 0.5) is 0 Å². The molecule has 62 heavy (non-hydrogen) atoms. The maximum absolute atomic E-state index is 12.6. The molecule has 0 fully saturated rings. The first-order chi connectivity index (χ1) is 30.5. The van der Waals surface area contributed by atoms with Crippen LogP contribution in [0.1, 0.15) is 296 Å². The first kappa shape index (κ1) is 60.8. The maximum Gasteiger partial charge on any atom is 0.249 e. The van der Waals surface area contributed by atoms with E-state index < -0.39 is 36.9 Å². The maximum atomic E-state index is 12.6. The zero-order chi connectivity index (χ0) is 45.2. The highest BCUT2D eigenvalue weighted by molar-refractivity contribution is 5.80. The van der Waals surface area contributed by atoms with Crippen molar-refractivity contribution in [2.75, 3.05) is 6.61 Å². The molecule has 0 aliphatic carbocycles. The standard InChI is InChI=1S/C56H109NO5/c1-3-5-7-9-11-13-15-17-19-21-22-23-24-25-26-27-28-29-30-31-32-33-34-36-38-40-42-44-46-48-50-54(60)56(62)57-52(51-58)55(61)53(59)49-47-45-43-41-39-37-35-20-18-16-14-12-10-8-6-4-2/h25-26,41,43,52-55,58-61H,3-24,27-40,42,44-51H2,1-2H3,(H,57,62)/b26-25-,43-41+. The van der Waals surface area contributed by atoms with Gasteiger partial charge in [0.15, 0.2) is 0 Å². The summed E-state index contributed by atoms with van der Waals surface area (Å²) < 4.78 is 0. The summed E-state index contributed by atoms with van der Waals surface area (Å²) in [6.45, 7) is 4.07. The molecule has 368 valence electrons. The summed E-state index contributed by atoms with van der Waals surface area (Å²) in [4.78, 5) is 12.6. The van der Waals surface area contributed by atoms with Crippen LogP contribution < -0.4 is 5.32 Å². The zero-order valence-electron chi connectivity index (χ0n) is 41.6.